The van der Waals surface area contributed by atoms with E-state index in [1.54, 1.807) is 25.6 Å². The van der Waals surface area contributed by atoms with Crippen LogP contribution in [0.25, 0.3) is 0 Å². The molecule has 17 heavy (non-hydrogen) atoms. The minimum Gasteiger partial charge on any atom is -0.506 e. The molecule has 2 heterocycles. The van der Waals surface area contributed by atoms with Crippen LogP contribution in [0, 0.1) is 0 Å². The van der Waals surface area contributed by atoms with Gasteiger partial charge in [-0.1, -0.05) is 0 Å². The van der Waals surface area contributed by atoms with Crippen molar-refractivity contribution in [3.8, 4) is 5.75 Å². The fourth-order valence-corrected chi connectivity index (χ4v) is 1.49. The lowest BCUT2D eigenvalue weighted by Gasteiger charge is -2.15. The van der Waals surface area contributed by atoms with Gasteiger partial charge in [0.05, 0.1) is 24.3 Å². The molecule has 0 fully saturated rings. The van der Waals surface area contributed by atoms with Gasteiger partial charge >= 0.3 is 0 Å². The van der Waals surface area contributed by atoms with E-state index in [4.69, 9.17) is 4.42 Å². The van der Waals surface area contributed by atoms with Gasteiger partial charge in [-0.3, -0.25) is 9.78 Å². The van der Waals surface area contributed by atoms with E-state index in [2.05, 4.69) is 4.98 Å². The van der Waals surface area contributed by atoms with Crippen molar-refractivity contribution in [2.24, 2.45) is 0 Å². The van der Waals surface area contributed by atoms with Crippen molar-refractivity contribution in [1.82, 2.24) is 9.88 Å². The number of amides is 1. The van der Waals surface area contributed by atoms with Gasteiger partial charge < -0.3 is 14.4 Å². The van der Waals surface area contributed by atoms with Crippen LogP contribution in [0.2, 0.25) is 0 Å². The molecule has 2 aromatic heterocycles. The zero-order valence-corrected chi connectivity index (χ0v) is 9.33. The maximum Gasteiger partial charge on any atom is 0.255 e. The zero-order valence-electron chi connectivity index (χ0n) is 9.33. The second kappa shape index (κ2) is 4.69. The molecule has 0 saturated heterocycles. The van der Waals surface area contributed by atoms with Crippen LogP contribution in [0.3, 0.4) is 0 Å². The average molecular weight is 232 g/mol. The molecule has 1 amide bonds. The Balaban J connectivity index is 2.09. The predicted octanol–water partition coefficient (Wildman–Crippen LogP) is 1.65. The molecule has 0 unspecified atom stereocenters. The van der Waals surface area contributed by atoms with Crippen LogP contribution in [0.15, 0.2) is 41.5 Å². The van der Waals surface area contributed by atoms with Crippen LogP contribution in [-0.4, -0.2) is 27.9 Å². The molecule has 0 radical (unpaired) electrons. The number of pyridine rings is 1. The Kier molecular flexibility index (Phi) is 3.09. The largest absolute Gasteiger partial charge is 0.506 e. The van der Waals surface area contributed by atoms with Crippen LogP contribution >= 0.6 is 0 Å². The summed E-state index contributed by atoms with van der Waals surface area (Å²) in [5, 5.41) is 9.25. The molecule has 2 aromatic rings. The van der Waals surface area contributed by atoms with Gasteiger partial charge in [-0.15, -0.1) is 0 Å². The second-order valence-electron chi connectivity index (χ2n) is 3.72. The summed E-state index contributed by atoms with van der Waals surface area (Å²) >= 11 is 0. The number of aromatic nitrogens is 1. The van der Waals surface area contributed by atoms with Gasteiger partial charge in [0.2, 0.25) is 0 Å². The molecule has 0 aliphatic carbocycles. The number of aromatic hydroxyl groups is 1. The molecule has 0 bridgehead atoms. The Labute approximate surface area is 98.3 Å². The minimum atomic E-state index is -0.199. The van der Waals surface area contributed by atoms with Crippen molar-refractivity contribution in [2.45, 2.75) is 6.54 Å². The third-order valence-corrected chi connectivity index (χ3v) is 2.32. The fourth-order valence-electron chi connectivity index (χ4n) is 1.49. The maximum atomic E-state index is 12.0. The van der Waals surface area contributed by atoms with Crippen molar-refractivity contribution < 1.29 is 14.3 Å². The summed E-state index contributed by atoms with van der Waals surface area (Å²) in [5.41, 5.74) is 1.27. The van der Waals surface area contributed by atoms with Crippen LogP contribution in [0.5, 0.6) is 5.75 Å². The minimum absolute atomic E-state index is 0.0208. The number of furan rings is 1. The summed E-state index contributed by atoms with van der Waals surface area (Å²) in [6.45, 7) is 0.449. The zero-order chi connectivity index (χ0) is 12.3. The van der Waals surface area contributed by atoms with E-state index < -0.39 is 0 Å². The summed E-state index contributed by atoms with van der Waals surface area (Å²) in [7, 11) is 1.68. The van der Waals surface area contributed by atoms with E-state index >= 15 is 0 Å². The van der Waals surface area contributed by atoms with E-state index in [-0.39, 0.29) is 11.7 Å². The Morgan fingerprint density at radius 2 is 2.35 bits per heavy atom. The molecule has 0 spiro atoms. The Hall–Kier alpha value is -2.30. The number of carbonyl (C=O) groups excluding carboxylic acids is 1. The van der Waals surface area contributed by atoms with E-state index in [9.17, 15) is 9.90 Å². The van der Waals surface area contributed by atoms with Gasteiger partial charge in [0.1, 0.15) is 5.75 Å². The normalized spacial score (nSPS) is 10.2. The van der Waals surface area contributed by atoms with E-state index in [1.165, 1.54) is 23.4 Å². The van der Waals surface area contributed by atoms with Gasteiger partial charge in [-0.25, -0.2) is 0 Å². The van der Waals surface area contributed by atoms with Gasteiger partial charge in [-0.05, 0) is 12.1 Å². The highest BCUT2D eigenvalue weighted by atomic mass is 16.3. The Bertz CT molecular complexity index is 508. The van der Waals surface area contributed by atoms with E-state index in [0.29, 0.717) is 12.1 Å². The summed E-state index contributed by atoms with van der Waals surface area (Å²) in [5.74, 6) is -0.220. The monoisotopic (exact) mass is 232 g/mol. The molecule has 0 aromatic carbocycles. The summed E-state index contributed by atoms with van der Waals surface area (Å²) in [6.07, 6.45) is 5.86. The standard InChI is InChI=1S/C12H12N2O3/c1-14(7-9-2-3-17-8-9)12(16)10-4-11(15)6-13-5-10/h2-6,8,15H,7H2,1H3. The van der Waals surface area contributed by atoms with Gasteiger partial charge in [-0.2, -0.15) is 0 Å². The van der Waals surface area contributed by atoms with Crippen molar-refractivity contribution >= 4 is 5.91 Å². The average Bonchev–Trinajstić information content (AvgIpc) is 2.80. The first kappa shape index (κ1) is 11.2. The molecule has 0 aliphatic heterocycles. The molecule has 5 heteroatoms. The molecule has 0 saturated carbocycles. The molecular formula is C12H12N2O3. The third kappa shape index (κ3) is 2.63. The molecule has 2 rings (SSSR count). The van der Waals surface area contributed by atoms with Crippen molar-refractivity contribution in [1.29, 1.82) is 0 Å². The highest BCUT2D eigenvalue weighted by molar-refractivity contribution is 5.94. The molecule has 1 N–H and O–H groups in total. The first-order valence-electron chi connectivity index (χ1n) is 5.07. The lowest BCUT2D eigenvalue weighted by Crippen LogP contribution is -2.26. The van der Waals surface area contributed by atoms with Crippen LogP contribution in [0.4, 0.5) is 0 Å². The fraction of sp³-hybridized carbons (Fsp3) is 0.167. The van der Waals surface area contributed by atoms with Crippen molar-refractivity contribution in [3.63, 3.8) is 0 Å². The number of nitrogens with zero attached hydrogens (tertiary/aromatic N) is 2. The molecular weight excluding hydrogens is 220 g/mol. The molecule has 5 nitrogen and oxygen atoms in total. The topological polar surface area (TPSA) is 66.6 Å². The van der Waals surface area contributed by atoms with E-state index in [1.807, 2.05) is 0 Å². The number of rotatable bonds is 3. The van der Waals surface area contributed by atoms with Crippen LogP contribution in [0.1, 0.15) is 15.9 Å². The first-order valence-corrected chi connectivity index (χ1v) is 5.07. The number of carbonyl (C=O) groups is 1. The highest BCUT2D eigenvalue weighted by Gasteiger charge is 2.13. The molecule has 0 aliphatic rings. The van der Waals surface area contributed by atoms with Crippen LogP contribution in [-0.2, 0) is 6.54 Å². The summed E-state index contributed by atoms with van der Waals surface area (Å²) in [4.78, 5) is 17.3. The van der Waals surface area contributed by atoms with Gasteiger partial charge in [0.25, 0.3) is 5.91 Å². The lowest BCUT2D eigenvalue weighted by molar-refractivity contribution is 0.0784. The Morgan fingerprint density at radius 1 is 1.53 bits per heavy atom. The smallest absolute Gasteiger partial charge is 0.255 e. The SMILES string of the molecule is CN(Cc1ccoc1)C(=O)c1cncc(O)c1. The number of hydrogen-bond donors (Lipinski definition) is 1. The maximum absolute atomic E-state index is 12.0. The lowest BCUT2D eigenvalue weighted by atomic mass is 10.2. The second-order valence-corrected chi connectivity index (χ2v) is 3.72. The third-order valence-electron chi connectivity index (χ3n) is 2.32. The summed E-state index contributed by atoms with van der Waals surface area (Å²) < 4.78 is 4.93. The molecule has 0 atom stereocenters. The highest BCUT2D eigenvalue weighted by Crippen LogP contribution is 2.12. The quantitative estimate of drug-likeness (QED) is 0.873. The van der Waals surface area contributed by atoms with Crippen molar-refractivity contribution in [3.05, 3.63) is 48.2 Å². The summed E-state index contributed by atoms with van der Waals surface area (Å²) in [6, 6.07) is 3.19. The van der Waals surface area contributed by atoms with Crippen LogP contribution < -0.4 is 0 Å². The number of hydrogen-bond acceptors (Lipinski definition) is 4. The van der Waals surface area contributed by atoms with Gasteiger partial charge in [0.15, 0.2) is 0 Å². The van der Waals surface area contributed by atoms with E-state index in [0.717, 1.165) is 5.56 Å². The first-order chi connectivity index (χ1) is 8.16. The van der Waals surface area contributed by atoms with Gasteiger partial charge in [0, 0.05) is 25.4 Å². The molecule has 88 valence electrons. The van der Waals surface area contributed by atoms with Crippen molar-refractivity contribution in [2.75, 3.05) is 7.05 Å². The predicted molar refractivity (Wildman–Crippen MR) is 60.4 cm³/mol. The Morgan fingerprint density at radius 3 is 3.00 bits per heavy atom.